The van der Waals surface area contributed by atoms with Crippen LogP contribution in [0.1, 0.15) is 65.2 Å². The van der Waals surface area contributed by atoms with Gasteiger partial charge in [0.05, 0.1) is 126 Å². The fourth-order valence-corrected chi connectivity index (χ4v) is 4.80. The summed E-state index contributed by atoms with van der Waals surface area (Å²) in [4.78, 5) is 47.7. The zero-order chi connectivity index (χ0) is 39.2. The van der Waals surface area contributed by atoms with E-state index in [1.807, 2.05) is 0 Å². The molecule has 0 radical (unpaired) electrons. The molecule has 2 amide bonds. The molecule has 0 saturated carbocycles. The highest BCUT2D eigenvalue weighted by molar-refractivity contribution is 6.03. The summed E-state index contributed by atoms with van der Waals surface area (Å²) in [6.07, 6.45) is 4.84. The number of ketones is 2. The molecule has 1 fully saturated rings. The van der Waals surface area contributed by atoms with Crippen molar-refractivity contribution in [2.75, 3.05) is 152 Å². The smallest absolute Gasteiger partial charge is 0.232 e. The SMILES string of the molecule is CC(=O)CCOCCOCCOCCOCCOCCCCCOCCOCCOCCOCCOCCOCCCC(=O)CCN1C(=O)CC(C)C1=O. The number of likely N-dealkylation sites (tertiary alicyclic amines) is 1. The molecule has 0 aromatic carbocycles. The number of amides is 2. The summed E-state index contributed by atoms with van der Waals surface area (Å²) in [5, 5.41) is 0. The van der Waals surface area contributed by atoms with Crippen LogP contribution < -0.4 is 0 Å². The summed E-state index contributed by atoms with van der Waals surface area (Å²) in [5.41, 5.74) is 0. The molecule has 0 aromatic heterocycles. The molecule has 0 aliphatic carbocycles. The van der Waals surface area contributed by atoms with Crippen LogP contribution in [0.3, 0.4) is 0 Å². The van der Waals surface area contributed by atoms with E-state index >= 15 is 0 Å². The maximum atomic E-state index is 12.0. The molecule has 0 spiro atoms. The van der Waals surface area contributed by atoms with Crippen LogP contribution in [0.5, 0.6) is 0 Å². The van der Waals surface area contributed by atoms with Gasteiger partial charge in [0.15, 0.2) is 0 Å². The molecule has 1 rings (SSSR count). The van der Waals surface area contributed by atoms with Crippen LogP contribution in [0.2, 0.25) is 0 Å². The Morgan fingerprint density at radius 3 is 1.13 bits per heavy atom. The molecular formula is C38H69NO15. The van der Waals surface area contributed by atoms with E-state index in [9.17, 15) is 19.2 Å². The highest BCUT2D eigenvalue weighted by Crippen LogP contribution is 2.19. The molecule has 54 heavy (non-hydrogen) atoms. The Morgan fingerprint density at radius 1 is 0.463 bits per heavy atom. The maximum absolute atomic E-state index is 12.0. The summed E-state index contributed by atoms with van der Waals surface area (Å²) in [6.45, 7) is 14.7. The van der Waals surface area contributed by atoms with Crippen molar-refractivity contribution < 1.29 is 71.3 Å². The number of Topliss-reactive ketones (excluding diaryl/α,β-unsaturated/α-hetero) is 2. The van der Waals surface area contributed by atoms with Crippen LogP contribution in [0, 0.1) is 5.92 Å². The molecule has 1 aliphatic rings. The van der Waals surface area contributed by atoms with Gasteiger partial charge in [0.1, 0.15) is 11.6 Å². The van der Waals surface area contributed by atoms with Gasteiger partial charge in [0.2, 0.25) is 11.8 Å². The summed E-state index contributed by atoms with van der Waals surface area (Å²) < 4.78 is 60.3. The maximum Gasteiger partial charge on any atom is 0.232 e. The van der Waals surface area contributed by atoms with Crippen LogP contribution in [0.15, 0.2) is 0 Å². The van der Waals surface area contributed by atoms with E-state index in [-0.39, 0.29) is 48.7 Å². The zero-order valence-corrected chi connectivity index (χ0v) is 33.1. The first-order chi connectivity index (χ1) is 26.4. The first-order valence-electron chi connectivity index (χ1n) is 19.6. The lowest BCUT2D eigenvalue weighted by Crippen LogP contribution is -2.32. The number of ether oxygens (including phenoxy) is 11. The average Bonchev–Trinajstić information content (AvgIpc) is 3.40. The van der Waals surface area contributed by atoms with Gasteiger partial charge in [-0.3, -0.25) is 24.1 Å². The molecule has 16 nitrogen and oxygen atoms in total. The first-order valence-corrected chi connectivity index (χ1v) is 19.6. The minimum atomic E-state index is -0.280. The topological polar surface area (TPSA) is 173 Å². The van der Waals surface area contributed by atoms with Gasteiger partial charge in [-0.05, 0) is 32.6 Å². The highest BCUT2D eigenvalue weighted by Gasteiger charge is 2.35. The summed E-state index contributed by atoms with van der Waals surface area (Å²) in [5.74, 6) is -0.506. The van der Waals surface area contributed by atoms with Crippen molar-refractivity contribution in [2.45, 2.75) is 65.2 Å². The Kier molecular flexibility index (Phi) is 35.2. The van der Waals surface area contributed by atoms with Crippen molar-refractivity contribution in [3.05, 3.63) is 0 Å². The fraction of sp³-hybridized carbons (Fsp3) is 0.895. The summed E-state index contributed by atoms with van der Waals surface area (Å²) >= 11 is 0. The molecule has 1 heterocycles. The number of imide groups is 1. The molecule has 0 aromatic rings. The molecule has 0 N–H and O–H groups in total. The second-order valence-corrected chi connectivity index (χ2v) is 12.6. The van der Waals surface area contributed by atoms with Crippen LogP contribution in [-0.4, -0.2) is 180 Å². The van der Waals surface area contributed by atoms with Crippen LogP contribution in [0.4, 0.5) is 0 Å². The standard InChI is InChI=1S/C38H69NO15/c1-34-33-37(42)39(38(34)43)10-8-36(41)7-6-13-46-17-21-50-25-29-54-32-31-53-28-24-49-20-16-45-12-5-3-4-11-44-15-19-48-23-27-52-30-26-51-22-18-47-14-9-35(2)40/h34H,3-33H2,1-2H3. The van der Waals surface area contributed by atoms with E-state index in [1.54, 1.807) is 13.8 Å². The van der Waals surface area contributed by atoms with Gasteiger partial charge in [-0.15, -0.1) is 0 Å². The van der Waals surface area contributed by atoms with Crippen LogP contribution >= 0.6 is 0 Å². The van der Waals surface area contributed by atoms with E-state index in [2.05, 4.69) is 0 Å². The number of unbranched alkanes of at least 4 members (excludes halogenated alkanes) is 2. The molecule has 0 bridgehead atoms. The highest BCUT2D eigenvalue weighted by atomic mass is 16.6. The Morgan fingerprint density at radius 2 is 0.796 bits per heavy atom. The Bertz CT molecular complexity index is 925. The molecule has 1 saturated heterocycles. The number of rotatable bonds is 43. The Hall–Kier alpha value is -1.96. The van der Waals surface area contributed by atoms with Gasteiger partial charge in [0.25, 0.3) is 0 Å². The van der Waals surface area contributed by atoms with Crippen molar-refractivity contribution in [3.8, 4) is 0 Å². The monoisotopic (exact) mass is 779 g/mol. The van der Waals surface area contributed by atoms with Gasteiger partial charge in [-0.1, -0.05) is 6.92 Å². The quantitative estimate of drug-likeness (QED) is 0.0652. The Balaban J connectivity index is 1.65. The van der Waals surface area contributed by atoms with E-state index < -0.39 is 0 Å². The van der Waals surface area contributed by atoms with Gasteiger partial charge in [-0.25, -0.2) is 0 Å². The van der Waals surface area contributed by atoms with Gasteiger partial charge >= 0.3 is 0 Å². The summed E-state index contributed by atoms with van der Waals surface area (Å²) in [6, 6.07) is 0. The van der Waals surface area contributed by atoms with E-state index in [1.165, 1.54) is 4.90 Å². The van der Waals surface area contributed by atoms with Crippen molar-refractivity contribution in [3.63, 3.8) is 0 Å². The lowest BCUT2D eigenvalue weighted by Gasteiger charge is -2.13. The van der Waals surface area contributed by atoms with E-state index in [0.717, 1.165) is 19.3 Å². The number of carbonyl (C=O) groups is 4. The second kappa shape index (κ2) is 37.9. The normalized spacial score (nSPS) is 14.5. The first kappa shape index (κ1) is 50.1. The predicted molar refractivity (Wildman–Crippen MR) is 198 cm³/mol. The number of hydrogen-bond acceptors (Lipinski definition) is 15. The molecule has 1 atom stereocenters. The van der Waals surface area contributed by atoms with Gasteiger partial charge < -0.3 is 52.1 Å². The molecule has 1 aliphatic heterocycles. The van der Waals surface area contributed by atoms with E-state index in [4.69, 9.17) is 52.1 Å². The van der Waals surface area contributed by atoms with Gasteiger partial charge in [0, 0.05) is 58.0 Å². The lowest BCUT2D eigenvalue weighted by atomic mass is 10.1. The number of carbonyl (C=O) groups excluding carboxylic acids is 4. The summed E-state index contributed by atoms with van der Waals surface area (Å²) in [7, 11) is 0. The van der Waals surface area contributed by atoms with Gasteiger partial charge in [-0.2, -0.15) is 0 Å². The minimum absolute atomic E-state index is 0.0234. The van der Waals surface area contributed by atoms with Crippen molar-refractivity contribution in [2.24, 2.45) is 5.92 Å². The zero-order valence-electron chi connectivity index (χ0n) is 33.1. The number of nitrogens with zero attached hydrogens (tertiary/aromatic N) is 1. The van der Waals surface area contributed by atoms with Crippen molar-refractivity contribution >= 4 is 23.4 Å². The van der Waals surface area contributed by atoms with Crippen LogP contribution in [0.25, 0.3) is 0 Å². The van der Waals surface area contributed by atoms with Crippen LogP contribution in [-0.2, 0) is 71.3 Å². The average molecular weight is 780 g/mol. The lowest BCUT2D eigenvalue weighted by molar-refractivity contribution is -0.139. The largest absolute Gasteiger partial charge is 0.379 e. The van der Waals surface area contributed by atoms with E-state index in [0.29, 0.717) is 165 Å². The third kappa shape index (κ3) is 32.3. The Labute approximate surface area is 322 Å². The molecular weight excluding hydrogens is 710 g/mol. The van der Waals surface area contributed by atoms with Crippen molar-refractivity contribution in [1.82, 2.24) is 4.90 Å². The number of hydrogen-bond donors (Lipinski definition) is 0. The predicted octanol–water partition coefficient (Wildman–Crippen LogP) is 2.45. The third-order valence-corrected chi connectivity index (χ3v) is 7.85. The minimum Gasteiger partial charge on any atom is -0.379 e. The molecule has 1 unspecified atom stereocenters. The fourth-order valence-electron chi connectivity index (χ4n) is 4.80. The molecule has 316 valence electrons. The second-order valence-electron chi connectivity index (χ2n) is 12.6. The molecule has 16 heteroatoms. The van der Waals surface area contributed by atoms with Crippen molar-refractivity contribution in [1.29, 1.82) is 0 Å². The third-order valence-electron chi connectivity index (χ3n) is 7.85.